The molecule has 0 bridgehead atoms. The Kier molecular flexibility index (Phi) is 12.7. The summed E-state index contributed by atoms with van der Waals surface area (Å²) in [5.41, 5.74) is 0.873. The molecule has 4 nitrogen and oxygen atoms in total. The van der Waals surface area contributed by atoms with Gasteiger partial charge in [-0.2, -0.15) is 0 Å². The van der Waals surface area contributed by atoms with Gasteiger partial charge in [0, 0.05) is 29.2 Å². The van der Waals surface area contributed by atoms with Crippen LogP contribution in [0, 0.1) is 0 Å². The van der Waals surface area contributed by atoms with Crippen molar-refractivity contribution in [2.45, 2.75) is 0 Å². The number of pyridine rings is 1. The second-order valence-corrected chi connectivity index (χ2v) is 15.6. The Morgan fingerprint density at radius 2 is 0.784 bits per heavy atom. The summed E-state index contributed by atoms with van der Waals surface area (Å²) in [7, 11) is -1.59. The van der Waals surface area contributed by atoms with E-state index in [1.54, 1.807) is 18.6 Å². The third-order valence-electron chi connectivity index (χ3n) is 7.90. The molecule has 6 aromatic carbocycles. The Bertz CT molecular complexity index is 1990. The summed E-state index contributed by atoms with van der Waals surface area (Å²) in [4.78, 5) is 11.2. The Morgan fingerprint density at radius 3 is 1.16 bits per heavy atom. The number of H-pyrrole nitrogens is 1. The van der Waals surface area contributed by atoms with E-state index in [0.717, 1.165) is 23.0 Å². The summed E-state index contributed by atoms with van der Waals surface area (Å²) >= 11 is 0. The van der Waals surface area contributed by atoms with Gasteiger partial charge in [0.2, 0.25) is 0 Å². The van der Waals surface area contributed by atoms with Gasteiger partial charge in [-0.3, -0.25) is 4.98 Å². The number of aromatic amines is 1. The normalized spacial score (nSPS) is 10.5. The Morgan fingerprint density at radius 1 is 0.392 bits per heavy atom. The van der Waals surface area contributed by atoms with Crippen LogP contribution in [0.3, 0.4) is 0 Å². The van der Waals surface area contributed by atoms with Crippen LogP contribution >= 0.6 is 15.8 Å². The van der Waals surface area contributed by atoms with Gasteiger partial charge < -0.3 is 9.72 Å². The molecule has 0 saturated heterocycles. The van der Waals surface area contributed by atoms with E-state index in [0.29, 0.717) is 0 Å². The SMILES string of the molecule is [Cu+2].c1ccc(-c2ncc[nH]2)nc1.c1ccc(P(c2ccccc2)c2ccccc2Oc2ccccc2P(c2ccccc2)c2ccccc2)cc1. The van der Waals surface area contributed by atoms with Gasteiger partial charge in [-0.1, -0.05) is 164 Å². The van der Waals surface area contributed by atoms with Gasteiger partial charge in [0.25, 0.3) is 0 Å². The van der Waals surface area contributed by atoms with E-state index in [9.17, 15) is 0 Å². The quantitative estimate of drug-likeness (QED) is 0.119. The van der Waals surface area contributed by atoms with Crippen molar-refractivity contribution in [3.05, 3.63) is 207 Å². The second-order valence-electron chi connectivity index (χ2n) is 11.2. The Labute approximate surface area is 312 Å². The summed E-state index contributed by atoms with van der Waals surface area (Å²) in [5, 5.41) is 7.64. The minimum Gasteiger partial charge on any atom is -0.456 e. The maximum Gasteiger partial charge on any atom is 2.00 e. The van der Waals surface area contributed by atoms with Crippen molar-refractivity contribution in [2.75, 3.05) is 0 Å². The number of ether oxygens (including phenoxy) is 1. The fourth-order valence-electron chi connectivity index (χ4n) is 5.65. The van der Waals surface area contributed by atoms with E-state index in [-0.39, 0.29) is 17.1 Å². The van der Waals surface area contributed by atoms with Crippen molar-refractivity contribution in [1.29, 1.82) is 0 Å². The van der Waals surface area contributed by atoms with Crippen LogP contribution in [0.2, 0.25) is 0 Å². The molecular weight excluding hydrogens is 712 g/mol. The van der Waals surface area contributed by atoms with Crippen LogP contribution < -0.4 is 36.6 Å². The van der Waals surface area contributed by atoms with Crippen molar-refractivity contribution < 1.29 is 21.8 Å². The summed E-state index contributed by atoms with van der Waals surface area (Å²) < 4.78 is 6.92. The fourth-order valence-corrected chi connectivity index (χ4v) is 10.4. The van der Waals surface area contributed by atoms with Crippen LogP contribution in [0.5, 0.6) is 11.5 Å². The number of hydrogen-bond acceptors (Lipinski definition) is 3. The minimum atomic E-state index is -0.795. The van der Waals surface area contributed by atoms with E-state index in [2.05, 4.69) is 185 Å². The standard InChI is InChI=1S/C36H28OP2.C8H7N3.Cu/c1-5-17-29(18-6-1)38(30-19-7-2-8-20-30)35-27-15-13-25-33(35)37-34-26-14-16-28-36(34)39(31-21-9-3-10-22-31)32-23-11-4-12-24-32;1-2-4-9-7(3-1)8-10-5-6-11-8;/h1-28H;1-6H,(H,10,11);/q;;+2. The molecule has 2 heterocycles. The van der Waals surface area contributed by atoms with E-state index >= 15 is 0 Å². The van der Waals surface area contributed by atoms with Gasteiger partial charge in [-0.15, -0.1) is 0 Å². The first-order valence-electron chi connectivity index (χ1n) is 16.4. The molecule has 0 aliphatic carbocycles. The zero-order valence-electron chi connectivity index (χ0n) is 27.6. The molecule has 251 valence electrons. The first-order chi connectivity index (χ1) is 24.8. The molecule has 51 heavy (non-hydrogen) atoms. The minimum absolute atomic E-state index is 0. The van der Waals surface area contributed by atoms with Crippen molar-refractivity contribution in [3.63, 3.8) is 0 Å². The number of imidazole rings is 1. The predicted octanol–water partition coefficient (Wildman–Crippen LogP) is 8.46. The van der Waals surface area contributed by atoms with Gasteiger partial charge in [-0.05, 0) is 61.3 Å². The Hall–Kier alpha value is -5.14. The maximum absolute atomic E-state index is 6.92. The molecule has 8 aromatic rings. The van der Waals surface area contributed by atoms with Gasteiger partial charge in [0.05, 0.1) is 0 Å². The van der Waals surface area contributed by atoms with Crippen LogP contribution in [0.1, 0.15) is 0 Å². The van der Waals surface area contributed by atoms with Gasteiger partial charge in [0.15, 0.2) is 5.82 Å². The van der Waals surface area contributed by atoms with E-state index in [1.165, 1.54) is 31.8 Å². The number of nitrogens with zero attached hydrogens (tertiary/aromatic N) is 2. The van der Waals surface area contributed by atoms with Gasteiger partial charge in [0.1, 0.15) is 17.2 Å². The molecule has 0 saturated carbocycles. The molecule has 0 atom stereocenters. The summed E-state index contributed by atoms with van der Waals surface area (Å²) in [6.07, 6.45) is 5.24. The molecule has 0 unspecified atom stereocenters. The molecular formula is C44H35CuN3OP2+2. The maximum atomic E-state index is 6.92. The average molecular weight is 747 g/mol. The molecule has 2 aromatic heterocycles. The van der Waals surface area contributed by atoms with Crippen molar-refractivity contribution in [3.8, 4) is 23.0 Å². The molecule has 0 fully saturated rings. The number of para-hydroxylation sites is 2. The van der Waals surface area contributed by atoms with E-state index < -0.39 is 15.8 Å². The first-order valence-corrected chi connectivity index (χ1v) is 19.1. The van der Waals surface area contributed by atoms with Crippen LogP contribution in [0.4, 0.5) is 0 Å². The van der Waals surface area contributed by atoms with Crippen molar-refractivity contribution in [2.24, 2.45) is 0 Å². The zero-order chi connectivity index (χ0) is 33.8. The molecule has 1 N–H and O–H groups in total. The van der Waals surface area contributed by atoms with Crippen molar-refractivity contribution >= 4 is 47.7 Å². The molecule has 1 radical (unpaired) electrons. The summed E-state index contributed by atoms with van der Waals surface area (Å²) in [6, 6.07) is 65.9. The molecule has 0 amide bonds. The number of rotatable bonds is 9. The molecule has 7 heteroatoms. The zero-order valence-corrected chi connectivity index (χ0v) is 30.4. The molecule has 0 spiro atoms. The van der Waals surface area contributed by atoms with Gasteiger partial charge >= 0.3 is 17.1 Å². The summed E-state index contributed by atoms with van der Waals surface area (Å²) in [5.74, 6) is 2.62. The Balaban J connectivity index is 0.000000317. The smallest absolute Gasteiger partial charge is 0.456 e. The fraction of sp³-hybridized carbons (Fsp3) is 0. The van der Waals surface area contributed by atoms with Crippen LogP contribution in [0.15, 0.2) is 207 Å². The van der Waals surface area contributed by atoms with Crippen LogP contribution in [0.25, 0.3) is 11.5 Å². The molecule has 0 aliphatic rings. The monoisotopic (exact) mass is 746 g/mol. The van der Waals surface area contributed by atoms with Crippen LogP contribution in [-0.2, 0) is 17.1 Å². The number of benzene rings is 6. The van der Waals surface area contributed by atoms with Crippen LogP contribution in [-0.4, -0.2) is 15.0 Å². The molecule has 8 rings (SSSR count). The topological polar surface area (TPSA) is 50.8 Å². The number of aromatic nitrogens is 3. The second kappa shape index (κ2) is 18.2. The average Bonchev–Trinajstić information content (AvgIpc) is 3.75. The third kappa shape index (κ3) is 8.97. The number of hydrogen-bond donors (Lipinski definition) is 1. The summed E-state index contributed by atoms with van der Waals surface area (Å²) in [6.45, 7) is 0. The molecule has 0 aliphatic heterocycles. The third-order valence-corrected chi connectivity index (χ3v) is 12.9. The number of nitrogens with one attached hydrogen (secondary N) is 1. The first kappa shape index (κ1) is 35.7. The van der Waals surface area contributed by atoms with Crippen molar-refractivity contribution in [1.82, 2.24) is 15.0 Å². The predicted molar refractivity (Wildman–Crippen MR) is 212 cm³/mol. The van der Waals surface area contributed by atoms with Gasteiger partial charge in [-0.25, -0.2) is 4.98 Å². The largest absolute Gasteiger partial charge is 2.00 e. The van der Waals surface area contributed by atoms with E-state index in [1.807, 2.05) is 18.2 Å². The van der Waals surface area contributed by atoms with E-state index in [4.69, 9.17) is 4.74 Å².